The molecule has 1 saturated heterocycles. The van der Waals surface area contributed by atoms with Crippen molar-refractivity contribution in [3.05, 3.63) is 101 Å². The average molecular weight is 680 g/mol. The summed E-state index contributed by atoms with van der Waals surface area (Å²) < 4.78 is 6.27. The minimum atomic E-state index is -0.885. The summed E-state index contributed by atoms with van der Waals surface area (Å²) in [5.41, 5.74) is 10.1. The summed E-state index contributed by atoms with van der Waals surface area (Å²) in [6.07, 6.45) is 7.15. The summed E-state index contributed by atoms with van der Waals surface area (Å²) in [7, 11) is 0. The van der Waals surface area contributed by atoms with Crippen LogP contribution < -0.4 is 5.32 Å². The second kappa shape index (κ2) is 14.7. The summed E-state index contributed by atoms with van der Waals surface area (Å²) in [6, 6.07) is 22.4. The fourth-order valence-corrected chi connectivity index (χ4v) is 7.19. The summed E-state index contributed by atoms with van der Waals surface area (Å²) in [5, 5.41) is 24.0. The van der Waals surface area contributed by atoms with E-state index in [4.69, 9.17) is 14.4 Å². The summed E-state index contributed by atoms with van der Waals surface area (Å²) in [5.74, 6) is 0.256. The van der Waals surface area contributed by atoms with Crippen LogP contribution >= 0.6 is 0 Å². The van der Waals surface area contributed by atoms with Gasteiger partial charge in [0.2, 0.25) is 5.89 Å². The third-order valence-electron chi connectivity index (χ3n) is 9.68. The van der Waals surface area contributed by atoms with Gasteiger partial charge in [-0.25, -0.2) is 9.97 Å². The van der Waals surface area contributed by atoms with E-state index in [0.29, 0.717) is 41.5 Å². The molecule has 0 spiro atoms. The molecule has 3 aromatic carbocycles. The van der Waals surface area contributed by atoms with Crippen LogP contribution in [-0.2, 0) is 17.9 Å². The predicted octanol–water partition coefficient (Wildman–Crippen LogP) is 8.23. The lowest BCUT2D eigenvalue weighted by Gasteiger charge is -2.19. The Hall–Kier alpha value is -5.63. The second-order valence-corrected chi connectivity index (χ2v) is 13.4. The molecule has 0 bridgehead atoms. The van der Waals surface area contributed by atoms with E-state index in [1.165, 1.54) is 18.4 Å². The zero-order chi connectivity index (χ0) is 35.5. The Morgan fingerprint density at radius 3 is 2.53 bits per heavy atom. The number of likely N-dealkylation sites (tertiary alicyclic amines) is 1. The summed E-state index contributed by atoms with van der Waals surface area (Å²) in [6.45, 7) is 10.3. The molecule has 0 unspecified atom stereocenters. The van der Waals surface area contributed by atoms with E-state index < -0.39 is 5.97 Å². The Labute approximate surface area is 297 Å². The van der Waals surface area contributed by atoms with Gasteiger partial charge in [0.25, 0.3) is 0 Å². The number of nitrogens with one attached hydrogen (secondary N) is 1. The molecule has 3 aromatic heterocycles. The fraction of sp³-hybridized carbons (Fsp3) is 0.293. The number of rotatable bonds is 12. The number of pyridine rings is 2. The second-order valence-electron chi connectivity index (χ2n) is 13.4. The van der Waals surface area contributed by atoms with Gasteiger partial charge in [-0.15, -0.1) is 0 Å². The molecule has 6 aromatic rings. The van der Waals surface area contributed by atoms with Crippen molar-refractivity contribution >= 4 is 39.5 Å². The summed E-state index contributed by atoms with van der Waals surface area (Å²) in [4.78, 5) is 30.1. The van der Waals surface area contributed by atoms with Crippen LogP contribution in [0.3, 0.4) is 0 Å². The molecule has 4 heterocycles. The van der Waals surface area contributed by atoms with Gasteiger partial charge in [0.1, 0.15) is 17.1 Å². The number of nitrogens with zero attached hydrogens (tertiary/aromatic N) is 6. The number of benzene rings is 3. The number of aromatic nitrogens is 3. The first-order chi connectivity index (χ1) is 24.8. The molecule has 2 N–H and O–H groups in total. The lowest BCUT2D eigenvalue weighted by molar-refractivity contribution is -0.138. The molecule has 51 heavy (non-hydrogen) atoms. The zero-order valence-electron chi connectivity index (χ0n) is 29.2. The van der Waals surface area contributed by atoms with Gasteiger partial charge in [-0.2, -0.15) is 5.26 Å². The first-order valence-electron chi connectivity index (χ1n) is 17.5. The van der Waals surface area contributed by atoms with Crippen LogP contribution in [0.1, 0.15) is 54.0 Å². The maximum absolute atomic E-state index is 11.4. The highest BCUT2D eigenvalue weighted by Crippen LogP contribution is 2.38. The van der Waals surface area contributed by atoms with Gasteiger partial charge in [-0.1, -0.05) is 31.2 Å². The Bertz CT molecular complexity index is 2280. The van der Waals surface area contributed by atoms with Crippen LogP contribution in [0.15, 0.2) is 77.5 Å². The van der Waals surface area contributed by atoms with Crippen LogP contribution in [0.2, 0.25) is 0 Å². The Morgan fingerprint density at radius 1 is 1.00 bits per heavy atom. The third kappa shape index (κ3) is 7.17. The van der Waals surface area contributed by atoms with Crippen LogP contribution in [0.5, 0.6) is 0 Å². The quantitative estimate of drug-likeness (QED) is 0.130. The van der Waals surface area contributed by atoms with Crippen molar-refractivity contribution in [3.63, 3.8) is 0 Å². The molecule has 0 amide bonds. The number of oxazole rings is 1. The van der Waals surface area contributed by atoms with Gasteiger partial charge in [0.05, 0.1) is 12.1 Å². The van der Waals surface area contributed by atoms with Crippen LogP contribution in [0, 0.1) is 25.2 Å². The number of aliphatic carboxylic acids is 1. The Kier molecular flexibility index (Phi) is 9.75. The molecule has 10 heteroatoms. The molecule has 258 valence electrons. The molecule has 10 nitrogen and oxygen atoms in total. The summed E-state index contributed by atoms with van der Waals surface area (Å²) >= 11 is 0. The highest BCUT2D eigenvalue weighted by atomic mass is 16.4. The van der Waals surface area contributed by atoms with E-state index in [2.05, 4.69) is 59.4 Å². The van der Waals surface area contributed by atoms with E-state index in [1.54, 1.807) is 6.07 Å². The van der Waals surface area contributed by atoms with Crippen LogP contribution in [0.25, 0.3) is 44.6 Å². The minimum Gasteiger partial charge on any atom is -0.480 e. The van der Waals surface area contributed by atoms with Crippen molar-refractivity contribution in [3.8, 4) is 28.7 Å². The number of hydrogen-bond donors (Lipinski definition) is 2. The number of nitriles is 1. The number of anilines is 2. The molecule has 0 aliphatic carbocycles. The van der Waals surface area contributed by atoms with E-state index in [9.17, 15) is 15.2 Å². The zero-order valence-corrected chi connectivity index (χ0v) is 29.2. The van der Waals surface area contributed by atoms with Gasteiger partial charge in [0.15, 0.2) is 11.4 Å². The van der Waals surface area contributed by atoms with E-state index in [-0.39, 0.29) is 6.54 Å². The lowest BCUT2D eigenvalue weighted by Crippen LogP contribution is -2.30. The maximum atomic E-state index is 11.4. The van der Waals surface area contributed by atoms with Gasteiger partial charge in [0, 0.05) is 42.1 Å². The Morgan fingerprint density at radius 2 is 1.76 bits per heavy atom. The normalized spacial score (nSPS) is 13.3. The molecular weight excluding hydrogens is 638 g/mol. The first kappa shape index (κ1) is 33.8. The van der Waals surface area contributed by atoms with Crippen molar-refractivity contribution in [1.82, 2.24) is 24.8 Å². The largest absolute Gasteiger partial charge is 0.480 e. The van der Waals surface area contributed by atoms with E-state index in [1.807, 2.05) is 54.5 Å². The number of carboxylic acids is 1. The molecule has 0 radical (unpaired) electrons. The topological polar surface area (TPSA) is 131 Å². The number of fused-ring (bicyclic) bond motifs is 2. The molecular formula is C41H41N7O3. The van der Waals surface area contributed by atoms with Gasteiger partial charge >= 0.3 is 5.97 Å². The highest BCUT2D eigenvalue weighted by Gasteiger charge is 2.20. The fourth-order valence-electron chi connectivity index (χ4n) is 7.19. The number of carboxylic acid groups (broad SMARTS) is 1. The van der Waals surface area contributed by atoms with Crippen molar-refractivity contribution in [1.29, 1.82) is 5.26 Å². The first-order valence-corrected chi connectivity index (χ1v) is 17.5. The van der Waals surface area contributed by atoms with Crippen molar-refractivity contribution in [2.24, 2.45) is 0 Å². The highest BCUT2D eigenvalue weighted by molar-refractivity contribution is 5.91. The minimum absolute atomic E-state index is 0.0743. The maximum Gasteiger partial charge on any atom is 0.317 e. The standard InChI is InChI=1S/C41H41N7O3/c1-4-15-48(25-37(49)50)23-28-18-31(21-42)39-36(20-28)46-41(51-39)34-11-7-9-32(26(34)2)33-10-8-12-35(27(33)3)45-40-38-30(13-14-43-40)19-29(22-44-38)24-47-16-5-6-17-47/h7-14,18-20,22H,4-6,15-17,23-25H2,1-3H3,(H,43,45)(H,49,50). The smallest absolute Gasteiger partial charge is 0.317 e. The molecule has 1 aliphatic rings. The van der Waals surface area contributed by atoms with Crippen LogP contribution in [-0.4, -0.2) is 62.0 Å². The van der Waals surface area contributed by atoms with E-state index >= 15 is 0 Å². The van der Waals surface area contributed by atoms with Crippen molar-refractivity contribution < 1.29 is 14.3 Å². The molecule has 0 saturated carbocycles. The molecule has 1 fully saturated rings. The Balaban J connectivity index is 1.18. The number of carbonyl (C=O) groups is 1. The predicted molar refractivity (Wildman–Crippen MR) is 200 cm³/mol. The molecule has 7 rings (SSSR count). The van der Waals surface area contributed by atoms with Crippen molar-refractivity contribution in [2.75, 3.05) is 31.5 Å². The number of hydrogen-bond acceptors (Lipinski definition) is 9. The van der Waals surface area contributed by atoms with Gasteiger partial charge in [-0.05, 0) is 123 Å². The van der Waals surface area contributed by atoms with Gasteiger partial charge in [-0.3, -0.25) is 19.6 Å². The monoisotopic (exact) mass is 679 g/mol. The molecule has 0 atom stereocenters. The SMILES string of the molecule is CCCN(CC(=O)O)Cc1cc(C#N)c2oc(-c3cccc(-c4cccc(Nc5nccc6cc(CN7CCCC7)cnc56)c4C)c3C)nc2c1. The lowest BCUT2D eigenvalue weighted by atomic mass is 9.93. The van der Waals surface area contributed by atoms with Gasteiger partial charge < -0.3 is 14.8 Å². The van der Waals surface area contributed by atoms with Crippen molar-refractivity contribution in [2.45, 2.75) is 53.1 Å². The molecule has 1 aliphatic heterocycles. The van der Waals surface area contributed by atoms with Crippen LogP contribution in [0.4, 0.5) is 11.5 Å². The van der Waals surface area contributed by atoms with E-state index in [0.717, 1.165) is 76.0 Å². The third-order valence-corrected chi connectivity index (χ3v) is 9.68. The average Bonchev–Trinajstić information content (AvgIpc) is 3.79.